The molecule has 0 aliphatic heterocycles. The molecule has 0 bridgehead atoms. The van der Waals surface area contributed by atoms with Crippen LogP contribution in [-0.4, -0.2) is 21.9 Å². The smallest absolute Gasteiger partial charge is 0.150 e. The van der Waals surface area contributed by atoms with Gasteiger partial charge in [-0.2, -0.15) is 5.10 Å². The molecule has 0 spiro atoms. The maximum atomic E-state index is 5.39. The van der Waals surface area contributed by atoms with Gasteiger partial charge in [0.25, 0.3) is 0 Å². The molecule has 1 aromatic carbocycles. The Labute approximate surface area is 120 Å². The van der Waals surface area contributed by atoms with Crippen molar-refractivity contribution in [2.24, 2.45) is 13.0 Å². The van der Waals surface area contributed by atoms with E-state index in [4.69, 9.17) is 4.74 Å². The highest BCUT2D eigenvalue weighted by Gasteiger charge is 2.11. The quantitative estimate of drug-likeness (QED) is 0.812. The van der Waals surface area contributed by atoms with Crippen LogP contribution in [0.25, 0.3) is 0 Å². The van der Waals surface area contributed by atoms with Crippen LogP contribution in [0.15, 0.2) is 24.3 Å². The molecular weight excluding hydrogens is 250 g/mol. The molecule has 0 unspecified atom stereocenters. The number of aromatic nitrogens is 3. The van der Waals surface area contributed by atoms with Gasteiger partial charge in [0.05, 0.1) is 7.11 Å². The molecule has 0 saturated heterocycles. The Morgan fingerprint density at radius 1 is 1.25 bits per heavy atom. The molecule has 0 aliphatic carbocycles. The number of para-hydroxylation sites is 1. The topological polar surface area (TPSA) is 39.9 Å². The van der Waals surface area contributed by atoms with Crippen molar-refractivity contribution in [2.45, 2.75) is 33.1 Å². The van der Waals surface area contributed by atoms with E-state index in [0.717, 1.165) is 42.2 Å². The number of hydrogen-bond acceptors (Lipinski definition) is 3. The summed E-state index contributed by atoms with van der Waals surface area (Å²) in [6.07, 6.45) is 2.81. The highest BCUT2D eigenvalue weighted by Crippen LogP contribution is 2.20. The number of ether oxygens (including phenoxy) is 1. The first-order chi connectivity index (χ1) is 9.60. The van der Waals surface area contributed by atoms with E-state index in [-0.39, 0.29) is 0 Å². The number of nitrogens with zero attached hydrogens (tertiary/aromatic N) is 3. The predicted octanol–water partition coefficient (Wildman–Crippen LogP) is 3.00. The second-order valence-corrected chi connectivity index (χ2v) is 5.49. The third kappa shape index (κ3) is 3.59. The number of hydrogen-bond donors (Lipinski definition) is 0. The van der Waals surface area contributed by atoms with E-state index in [0.29, 0.717) is 5.92 Å². The van der Waals surface area contributed by atoms with E-state index in [1.54, 1.807) is 7.11 Å². The number of benzene rings is 1. The van der Waals surface area contributed by atoms with Crippen LogP contribution in [0.5, 0.6) is 5.75 Å². The molecule has 4 nitrogen and oxygen atoms in total. The Morgan fingerprint density at radius 2 is 2.00 bits per heavy atom. The summed E-state index contributed by atoms with van der Waals surface area (Å²) in [4.78, 5) is 4.65. The van der Waals surface area contributed by atoms with E-state index in [1.807, 2.05) is 29.9 Å². The van der Waals surface area contributed by atoms with Crippen molar-refractivity contribution in [1.29, 1.82) is 0 Å². The first-order valence-corrected chi connectivity index (χ1v) is 7.10. The van der Waals surface area contributed by atoms with Crippen molar-refractivity contribution in [3.63, 3.8) is 0 Å². The zero-order valence-electron chi connectivity index (χ0n) is 12.8. The Balaban J connectivity index is 2.13. The first-order valence-electron chi connectivity index (χ1n) is 7.10. The summed E-state index contributed by atoms with van der Waals surface area (Å²) in [5.74, 6) is 3.50. The summed E-state index contributed by atoms with van der Waals surface area (Å²) < 4.78 is 7.26. The Hall–Kier alpha value is -1.84. The molecule has 2 rings (SSSR count). The predicted molar refractivity (Wildman–Crippen MR) is 80.0 cm³/mol. The molecule has 0 atom stereocenters. The average Bonchev–Trinajstić information content (AvgIpc) is 2.78. The first kappa shape index (κ1) is 14.6. The Morgan fingerprint density at radius 3 is 2.70 bits per heavy atom. The largest absolute Gasteiger partial charge is 0.496 e. The maximum absolute atomic E-state index is 5.39. The summed E-state index contributed by atoms with van der Waals surface area (Å²) in [5.41, 5.74) is 1.14. The molecule has 0 aliphatic rings. The molecule has 0 N–H and O–H groups in total. The van der Waals surface area contributed by atoms with Crippen LogP contribution in [0.4, 0.5) is 0 Å². The second kappa shape index (κ2) is 6.55. The maximum Gasteiger partial charge on any atom is 0.150 e. The van der Waals surface area contributed by atoms with Gasteiger partial charge in [0.15, 0.2) is 5.82 Å². The lowest BCUT2D eigenvalue weighted by Crippen LogP contribution is -2.01. The fourth-order valence-electron chi connectivity index (χ4n) is 2.17. The minimum atomic E-state index is 0.677. The van der Waals surface area contributed by atoms with Gasteiger partial charge >= 0.3 is 0 Å². The highest BCUT2D eigenvalue weighted by atomic mass is 16.5. The normalized spacial score (nSPS) is 11.1. The molecule has 2 aromatic rings. The standard InChI is InChI=1S/C16H23N3O/c1-12(2)9-10-15-17-16(19(3)18-15)11-13-7-5-6-8-14(13)20-4/h5-8,12H,9-11H2,1-4H3. The molecule has 0 fully saturated rings. The number of aryl methyl sites for hydroxylation is 2. The molecule has 1 heterocycles. The number of rotatable bonds is 6. The van der Waals surface area contributed by atoms with E-state index < -0.39 is 0 Å². The van der Waals surface area contributed by atoms with Gasteiger partial charge < -0.3 is 4.74 Å². The Kier molecular flexibility index (Phi) is 4.77. The van der Waals surface area contributed by atoms with Crippen LogP contribution in [-0.2, 0) is 19.9 Å². The van der Waals surface area contributed by atoms with Gasteiger partial charge in [0, 0.05) is 25.5 Å². The number of methoxy groups -OCH3 is 1. The van der Waals surface area contributed by atoms with Crippen molar-refractivity contribution >= 4 is 0 Å². The fraction of sp³-hybridized carbons (Fsp3) is 0.500. The monoisotopic (exact) mass is 273 g/mol. The zero-order valence-corrected chi connectivity index (χ0v) is 12.8. The van der Waals surface area contributed by atoms with Crippen molar-refractivity contribution in [3.05, 3.63) is 41.5 Å². The van der Waals surface area contributed by atoms with E-state index in [2.05, 4.69) is 30.0 Å². The highest BCUT2D eigenvalue weighted by molar-refractivity contribution is 5.35. The van der Waals surface area contributed by atoms with Crippen molar-refractivity contribution < 1.29 is 4.74 Å². The Bertz CT molecular complexity index is 561. The SMILES string of the molecule is COc1ccccc1Cc1nc(CCC(C)C)nn1C. The van der Waals surface area contributed by atoms with E-state index in [9.17, 15) is 0 Å². The molecule has 108 valence electrons. The lowest BCUT2D eigenvalue weighted by atomic mass is 10.1. The van der Waals surface area contributed by atoms with Crippen molar-refractivity contribution in [2.75, 3.05) is 7.11 Å². The molecule has 0 amide bonds. The minimum absolute atomic E-state index is 0.677. The summed E-state index contributed by atoms with van der Waals surface area (Å²) in [7, 11) is 3.65. The van der Waals surface area contributed by atoms with Gasteiger partial charge in [-0.25, -0.2) is 4.98 Å². The van der Waals surface area contributed by atoms with Crippen LogP contribution < -0.4 is 4.74 Å². The van der Waals surface area contributed by atoms with Crippen LogP contribution in [0, 0.1) is 5.92 Å². The van der Waals surface area contributed by atoms with Crippen LogP contribution >= 0.6 is 0 Å². The fourth-order valence-corrected chi connectivity index (χ4v) is 2.17. The molecule has 0 saturated carbocycles. The molecule has 0 radical (unpaired) electrons. The average molecular weight is 273 g/mol. The lowest BCUT2D eigenvalue weighted by Gasteiger charge is -2.07. The molecule has 4 heteroatoms. The van der Waals surface area contributed by atoms with Gasteiger partial charge in [-0.1, -0.05) is 32.0 Å². The molecular formula is C16H23N3O. The van der Waals surface area contributed by atoms with Crippen LogP contribution in [0.2, 0.25) is 0 Å². The van der Waals surface area contributed by atoms with Crippen molar-refractivity contribution in [1.82, 2.24) is 14.8 Å². The summed E-state index contributed by atoms with van der Waals surface area (Å²) in [5, 5.41) is 4.50. The van der Waals surface area contributed by atoms with E-state index in [1.165, 1.54) is 0 Å². The van der Waals surface area contributed by atoms with E-state index >= 15 is 0 Å². The molecule has 1 aromatic heterocycles. The molecule has 20 heavy (non-hydrogen) atoms. The summed E-state index contributed by atoms with van der Waals surface area (Å²) in [6.45, 7) is 4.44. The van der Waals surface area contributed by atoms with Gasteiger partial charge in [0.2, 0.25) is 0 Å². The van der Waals surface area contributed by atoms with Gasteiger partial charge in [-0.3, -0.25) is 4.68 Å². The second-order valence-electron chi connectivity index (χ2n) is 5.49. The van der Waals surface area contributed by atoms with Crippen LogP contribution in [0.3, 0.4) is 0 Å². The minimum Gasteiger partial charge on any atom is -0.496 e. The van der Waals surface area contributed by atoms with Gasteiger partial charge in [0.1, 0.15) is 11.6 Å². The van der Waals surface area contributed by atoms with Gasteiger partial charge in [-0.05, 0) is 18.4 Å². The van der Waals surface area contributed by atoms with Crippen molar-refractivity contribution in [3.8, 4) is 5.75 Å². The summed E-state index contributed by atoms with van der Waals surface area (Å²) >= 11 is 0. The summed E-state index contributed by atoms with van der Waals surface area (Å²) in [6, 6.07) is 8.05. The lowest BCUT2D eigenvalue weighted by molar-refractivity contribution is 0.410. The third-order valence-electron chi connectivity index (χ3n) is 3.38. The van der Waals surface area contributed by atoms with Crippen LogP contribution in [0.1, 0.15) is 37.5 Å². The third-order valence-corrected chi connectivity index (χ3v) is 3.38. The van der Waals surface area contributed by atoms with Gasteiger partial charge in [-0.15, -0.1) is 0 Å². The zero-order chi connectivity index (χ0) is 14.5.